The van der Waals surface area contributed by atoms with E-state index in [1.54, 1.807) is 11.3 Å². The highest BCUT2D eigenvalue weighted by molar-refractivity contribution is 7.11. The molecule has 0 atom stereocenters. The summed E-state index contributed by atoms with van der Waals surface area (Å²) in [7, 11) is 0. The van der Waals surface area contributed by atoms with E-state index in [2.05, 4.69) is 25.8 Å². The fourth-order valence-electron chi connectivity index (χ4n) is 1.29. The Kier molecular flexibility index (Phi) is 3.88. The molecule has 0 radical (unpaired) electrons. The number of nitrogens with two attached hydrogens (primary N) is 1. The average molecular weight is 198 g/mol. The van der Waals surface area contributed by atoms with Gasteiger partial charge in [-0.1, -0.05) is 13.8 Å². The third kappa shape index (κ3) is 3.08. The SMILES string of the molecule is Cc1sc(CCN)nc1CC(C)C. The molecule has 0 bridgehead atoms. The monoisotopic (exact) mass is 198 g/mol. The summed E-state index contributed by atoms with van der Waals surface area (Å²) in [6.07, 6.45) is 2.01. The van der Waals surface area contributed by atoms with E-state index in [0.717, 1.165) is 12.8 Å². The molecule has 13 heavy (non-hydrogen) atoms. The van der Waals surface area contributed by atoms with Crippen LogP contribution in [0.4, 0.5) is 0 Å². The Labute approximate surface area is 84.2 Å². The predicted molar refractivity (Wildman–Crippen MR) is 58.2 cm³/mol. The molecular weight excluding hydrogens is 180 g/mol. The molecule has 0 spiro atoms. The molecule has 1 rings (SSSR count). The van der Waals surface area contributed by atoms with E-state index < -0.39 is 0 Å². The lowest BCUT2D eigenvalue weighted by Crippen LogP contribution is -2.02. The van der Waals surface area contributed by atoms with Gasteiger partial charge in [-0.25, -0.2) is 4.98 Å². The fourth-order valence-corrected chi connectivity index (χ4v) is 2.27. The van der Waals surface area contributed by atoms with Crippen molar-refractivity contribution in [3.8, 4) is 0 Å². The second-order valence-corrected chi connectivity index (χ2v) is 5.03. The first-order chi connectivity index (χ1) is 6.13. The highest BCUT2D eigenvalue weighted by Crippen LogP contribution is 2.20. The van der Waals surface area contributed by atoms with Crippen molar-refractivity contribution < 1.29 is 0 Å². The quantitative estimate of drug-likeness (QED) is 0.805. The van der Waals surface area contributed by atoms with Crippen molar-refractivity contribution in [2.75, 3.05) is 6.54 Å². The molecule has 1 aromatic heterocycles. The molecule has 2 nitrogen and oxygen atoms in total. The summed E-state index contributed by atoms with van der Waals surface area (Å²) < 4.78 is 0. The molecule has 3 heteroatoms. The number of thiazole rings is 1. The normalized spacial score (nSPS) is 11.2. The van der Waals surface area contributed by atoms with Crippen LogP contribution in [0.5, 0.6) is 0 Å². The van der Waals surface area contributed by atoms with Crippen LogP contribution in [0.15, 0.2) is 0 Å². The molecule has 0 saturated heterocycles. The predicted octanol–water partition coefficient (Wildman–Crippen LogP) is 2.15. The lowest BCUT2D eigenvalue weighted by molar-refractivity contribution is 0.634. The topological polar surface area (TPSA) is 38.9 Å². The van der Waals surface area contributed by atoms with Gasteiger partial charge >= 0.3 is 0 Å². The van der Waals surface area contributed by atoms with E-state index in [1.165, 1.54) is 15.6 Å². The Morgan fingerprint density at radius 3 is 2.69 bits per heavy atom. The minimum atomic E-state index is 0.687. The molecule has 0 saturated carbocycles. The molecule has 74 valence electrons. The highest BCUT2D eigenvalue weighted by Gasteiger charge is 2.08. The second-order valence-electron chi connectivity index (χ2n) is 3.75. The minimum Gasteiger partial charge on any atom is -0.330 e. The van der Waals surface area contributed by atoms with E-state index in [1.807, 2.05) is 0 Å². The van der Waals surface area contributed by atoms with Gasteiger partial charge in [-0.2, -0.15) is 0 Å². The number of aryl methyl sites for hydroxylation is 1. The maximum Gasteiger partial charge on any atom is 0.0943 e. The van der Waals surface area contributed by atoms with Gasteiger partial charge in [-0.15, -0.1) is 11.3 Å². The first kappa shape index (κ1) is 10.7. The third-order valence-corrected chi connectivity index (χ3v) is 2.97. The molecular formula is C10H18N2S. The zero-order valence-corrected chi connectivity index (χ0v) is 9.45. The van der Waals surface area contributed by atoms with Gasteiger partial charge in [-0.3, -0.25) is 0 Å². The number of hydrogen-bond acceptors (Lipinski definition) is 3. The van der Waals surface area contributed by atoms with E-state index >= 15 is 0 Å². The van der Waals surface area contributed by atoms with Gasteiger partial charge in [0.05, 0.1) is 10.7 Å². The maximum absolute atomic E-state index is 5.49. The molecule has 1 heterocycles. The first-order valence-electron chi connectivity index (χ1n) is 4.78. The third-order valence-electron chi connectivity index (χ3n) is 1.90. The van der Waals surface area contributed by atoms with Crippen LogP contribution in [-0.4, -0.2) is 11.5 Å². The van der Waals surface area contributed by atoms with Gasteiger partial charge in [0.2, 0.25) is 0 Å². The van der Waals surface area contributed by atoms with Gasteiger partial charge in [0.1, 0.15) is 0 Å². The van der Waals surface area contributed by atoms with Crippen molar-refractivity contribution in [2.45, 2.75) is 33.6 Å². The Morgan fingerprint density at radius 1 is 1.46 bits per heavy atom. The van der Waals surface area contributed by atoms with Gasteiger partial charge < -0.3 is 5.73 Å². The van der Waals surface area contributed by atoms with Crippen LogP contribution in [0.1, 0.15) is 29.4 Å². The van der Waals surface area contributed by atoms with Gasteiger partial charge in [0.15, 0.2) is 0 Å². The number of rotatable bonds is 4. The summed E-state index contributed by atoms with van der Waals surface area (Å²) in [4.78, 5) is 5.94. The zero-order valence-electron chi connectivity index (χ0n) is 8.63. The van der Waals surface area contributed by atoms with Crippen LogP contribution in [0, 0.1) is 12.8 Å². The van der Waals surface area contributed by atoms with Crippen LogP contribution in [-0.2, 0) is 12.8 Å². The number of nitrogens with zero attached hydrogens (tertiary/aromatic N) is 1. The Balaban J connectivity index is 2.71. The van der Waals surface area contributed by atoms with Crippen molar-refractivity contribution >= 4 is 11.3 Å². The summed E-state index contributed by atoms with van der Waals surface area (Å²) in [5.41, 5.74) is 6.75. The molecule has 1 aromatic rings. The van der Waals surface area contributed by atoms with E-state index in [-0.39, 0.29) is 0 Å². The standard InChI is InChI=1S/C10H18N2S/c1-7(2)6-9-8(3)13-10(12-9)4-5-11/h7H,4-6,11H2,1-3H3. The molecule has 0 aliphatic heterocycles. The van der Waals surface area contributed by atoms with Crippen molar-refractivity contribution in [3.05, 3.63) is 15.6 Å². The lowest BCUT2D eigenvalue weighted by atomic mass is 10.1. The molecule has 0 aliphatic carbocycles. The molecule has 0 aliphatic rings. The first-order valence-corrected chi connectivity index (χ1v) is 5.60. The van der Waals surface area contributed by atoms with E-state index in [0.29, 0.717) is 12.5 Å². The molecule has 2 N–H and O–H groups in total. The van der Waals surface area contributed by atoms with Crippen molar-refractivity contribution in [1.29, 1.82) is 0 Å². The maximum atomic E-state index is 5.49. The molecule has 0 aromatic carbocycles. The number of aromatic nitrogens is 1. The lowest BCUT2D eigenvalue weighted by Gasteiger charge is -2.00. The fraction of sp³-hybridized carbons (Fsp3) is 0.700. The van der Waals surface area contributed by atoms with Crippen molar-refractivity contribution in [3.63, 3.8) is 0 Å². The molecule has 0 unspecified atom stereocenters. The van der Waals surface area contributed by atoms with Crippen molar-refractivity contribution in [1.82, 2.24) is 4.98 Å². The van der Waals surface area contributed by atoms with Crippen molar-refractivity contribution in [2.24, 2.45) is 11.7 Å². The van der Waals surface area contributed by atoms with E-state index in [4.69, 9.17) is 5.73 Å². The van der Waals surface area contributed by atoms with Crippen LogP contribution in [0.25, 0.3) is 0 Å². The summed E-state index contributed by atoms with van der Waals surface area (Å²) in [6.45, 7) is 7.30. The van der Waals surface area contributed by atoms with E-state index in [9.17, 15) is 0 Å². The van der Waals surface area contributed by atoms with Gasteiger partial charge in [0, 0.05) is 11.3 Å². The Morgan fingerprint density at radius 2 is 2.15 bits per heavy atom. The highest BCUT2D eigenvalue weighted by atomic mass is 32.1. The largest absolute Gasteiger partial charge is 0.330 e. The Bertz CT molecular complexity index is 266. The smallest absolute Gasteiger partial charge is 0.0943 e. The summed E-state index contributed by atoms with van der Waals surface area (Å²) in [5.74, 6) is 0.687. The average Bonchev–Trinajstić information content (AvgIpc) is 2.31. The minimum absolute atomic E-state index is 0.687. The van der Waals surface area contributed by atoms with Gasteiger partial charge in [-0.05, 0) is 25.8 Å². The Hall–Kier alpha value is -0.410. The molecule has 0 fully saturated rings. The summed E-state index contributed by atoms with van der Waals surface area (Å²) >= 11 is 1.79. The van der Waals surface area contributed by atoms with Gasteiger partial charge in [0.25, 0.3) is 0 Å². The second kappa shape index (κ2) is 4.72. The molecule has 0 amide bonds. The van der Waals surface area contributed by atoms with Crippen LogP contribution in [0.3, 0.4) is 0 Å². The van der Waals surface area contributed by atoms with Crippen LogP contribution >= 0.6 is 11.3 Å². The van der Waals surface area contributed by atoms with Crippen LogP contribution < -0.4 is 5.73 Å². The zero-order chi connectivity index (χ0) is 9.84. The summed E-state index contributed by atoms with van der Waals surface area (Å²) in [5, 5.41) is 1.19. The van der Waals surface area contributed by atoms with Crippen LogP contribution in [0.2, 0.25) is 0 Å². The summed E-state index contributed by atoms with van der Waals surface area (Å²) in [6, 6.07) is 0. The number of hydrogen-bond donors (Lipinski definition) is 1.